The number of aromatic nitrogens is 2. The first-order chi connectivity index (χ1) is 12.7. The van der Waals surface area contributed by atoms with Gasteiger partial charge in [0.15, 0.2) is 0 Å². The molecule has 1 aromatic carbocycles. The summed E-state index contributed by atoms with van der Waals surface area (Å²) in [6.45, 7) is 3.54. The van der Waals surface area contributed by atoms with Gasteiger partial charge in [-0.15, -0.1) is 0 Å². The van der Waals surface area contributed by atoms with E-state index < -0.39 is 0 Å². The zero-order chi connectivity index (χ0) is 18.2. The lowest BCUT2D eigenvalue weighted by Gasteiger charge is -2.14. The third-order valence-corrected chi connectivity index (χ3v) is 4.40. The summed E-state index contributed by atoms with van der Waals surface area (Å²) < 4.78 is 5.68. The van der Waals surface area contributed by atoms with E-state index in [0.29, 0.717) is 5.95 Å². The molecule has 1 aliphatic heterocycles. The summed E-state index contributed by atoms with van der Waals surface area (Å²) in [7, 11) is 4.18. The Kier molecular flexibility index (Phi) is 6.80. The van der Waals surface area contributed by atoms with Crippen molar-refractivity contribution in [3.8, 4) is 11.3 Å². The highest BCUT2D eigenvalue weighted by Crippen LogP contribution is 2.22. The molecule has 0 bridgehead atoms. The maximum Gasteiger partial charge on any atom is 0.225 e. The van der Waals surface area contributed by atoms with E-state index in [4.69, 9.17) is 9.72 Å². The molecular formula is C20H29N5O. The molecule has 1 fully saturated rings. The Hall–Kier alpha value is -2.18. The van der Waals surface area contributed by atoms with E-state index in [9.17, 15) is 0 Å². The van der Waals surface area contributed by atoms with Crippen LogP contribution in [0, 0.1) is 0 Å². The van der Waals surface area contributed by atoms with Gasteiger partial charge in [-0.3, -0.25) is 0 Å². The van der Waals surface area contributed by atoms with Crippen LogP contribution < -0.4 is 10.6 Å². The van der Waals surface area contributed by atoms with Crippen LogP contribution in [-0.4, -0.2) is 61.3 Å². The molecule has 0 radical (unpaired) electrons. The van der Waals surface area contributed by atoms with Crippen molar-refractivity contribution < 1.29 is 4.74 Å². The molecule has 0 spiro atoms. The van der Waals surface area contributed by atoms with Crippen molar-refractivity contribution in [2.75, 3.05) is 51.0 Å². The summed E-state index contributed by atoms with van der Waals surface area (Å²) in [5.74, 6) is 1.50. The van der Waals surface area contributed by atoms with Crippen LogP contribution in [0.3, 0.4) is 0 Å². The van der Waals surface area contributed by atoms with Crippen molar-refractivity contribution in [3.63, 3.8) is 0 Å². The molecule has 1 unspecified atom stereocenters. The number of rotatable bonds is 9. The first-order valence-corrected chi connectivity index (χ1v) is 9.39. The fourth-order valence-electron chi connectivity index (χ4n) is 3.00. The van der Waals surface area contributed by atoms with Crippen molar-refractivity contribution >= 4 is 11.8 Å². The van der Waals surface area contributed by atoms with Crippen molar-refractivity contribution in [1.29, 1.82) is 0 Å². The topological polar surface area (TPSA) is 62.3 Å². The largest absolute Gasteiger partial charge is 0.376 e. The van der Waals surface area contributed by atoms with Crippen LogP contribution in [0.25, 0.3) is 11.3 Å². The maximum atomic E-state index is 5.68. The minimum Gasteiger partial charge on any atom is -0.376 e. The smallest absolute Gasteiger partial charge is 0.225 e. The van der Waals surface area contributed by atoms with Gasteiger partial charge in [-0.1, -0.05) is 30.3 Å². The highest BCUT2D eigenvalue weighted by atomic mass is 16.5. The lowest BCUT2D eigenvalue weighted by Crippen LogP contribution is -2.20. The van der Waals surface area contributed by atoms with Gasteiger partial charge in [0.1, 0.15) is 5.82 Å². The van der Waals surface area contributed by atoms with Crippen LogP contribution in [0.1, 0.15) is 19.3 Å². The number of anilines is 2. The van der Waals surface area contributed by atoms with E-state index in [0.717, 1.165) is 62.6 Å². The van der Waals surface area contributed by atoms with Crippen LogP contribution in [-0.2, 0) is 4.74 Å². The second-order valence-electron chi connectivity index (χ2n) is 6.93. The summed E-state index contributed by atoms with van der Waals surface area (Å²) >= 11 is 0. The molecule has 1 aliphatic rings. The molecule has 2 heterocycles. The average Bonchev–Trinajstić information content (AvgIpc) is 3.18. The first kappa shape index (κ1) is 18.6. The zero-order valence-corrected chi connectivity index (χ0v) is 15.7. The summed E-state index contributed by atoms with van der Waals surface area (Å²) in [5.41, 5.74) is 2.01. The second kappa shape index (κ2) is 9.50. The number of nitrogens with one attached hydrogen (secondary N) is 2. The van der Waals surface area contributed by atoms with E-state index in [1.165, 1.54) is 0 Å². The Balaban J connectivity index is 1.70. The van der Waals surface area contributed by atoms with Crippen LogP contribution in [0.5, 0.6) is 0 Å². The molecule has 1 saturated heterocycles. The quantitative estimate of drug-likeness (QED) is 0.674. The predicted octanol–water partition coefficient (Wildman–Crippen LogP) is 3.10. The highest BCUT2D eigenvalue weighted by molar-refractivity contribution is 5.64. The molecule has 2 N–H and O–H groups in total. The number of ether oxygens (including phenoxy) is 1. The van der Waals surface area contributed by atoms with E-state index in [-0.39, 0.29) is 6.10 Å². The van der Waals surface area contributed by atoms with E-state index in [1.807, 2.05) is 24.3 Å². The number of hydrogen-bond donors (Lipinski definition) is 2. The molecule has 0 aliphatic carbocycles. The summed E-state index contributed by atoms with van der Waals surface area (Å²) in [6, 6.07) is 12.2. The van der Waals surface area contributed by atoms with Crippen LogP contribution in [0.4, 0.5) is 11.8 Å². The zero-order valence-electron chi connectivity index (χ0n) is 15.7. The molecule has 1 aromatic heterocycles. The van der Waals surface area contributed by atoms with Crippen molar-refractivity contribution in [2.45, 2.75) is 25.4 Å². The maximum absolute atomic E-state index is 5.68. The van der Waals surface area contributed by atoms with Crippen molar-refractivity contribution in [3.05, 3.63) is 36.4 Å². The number of benzene rings is 1. The molecule has 140 valence electrons. The van der Waals surface area contributed by atoms with Crippen LogP contribution in [0.2, 0.25) is 0 Å². The summed E-state index contributed by atoms with van der Waals surface area (Å²) in [5, 5.41) is 6.78. The van der Waals surface area contributed by atoms with Crippen LogP contribution in [0.15, 0.2) is 36.4 Å². The molecule has 0 saturated carbocycles. The fourth-order valence-corrected chi connectivity index (χ4v) is 3.00. The van der Waals surface area contributed by atoms with E-state index >= 15 is 0 Å². The summed E-state index contributed by atoms with van der Waals surface area (Å²) in [4.78, 5) is 11.5. The van der Waals surface area contributed by atoms with Gasteiger partial charge in [0.05, 0.1) is 11.8 Å². The molecular weight excluding hydrogens is 326 g/mol. The Bertz CT molecular complexity index is 671. The van der Waals surface area contributed by atoms with Crippen LogP contribution >= 0.6 is 0 Å². The van der Waals surface area contributed by atoms with E-state index in [1.54, 1.807) is 0 Å². The van der Waals surface area contributed by atoms with Gasteiger partial charge in [0.25, 0.3) is 0 Å². The Morgan fingerprint density at radius 2 is 2.00 bits per heavy atom. The standard InChI is InChI=1S/C20H29N5O/c1-25(2)12-7-11-21-19-14-18(16-8-4-3-5-9-16)23-20(24-19)22-15-17-10-6-13-26-17/h3-5,8-9,14,17H,6-7,10-13,15H2,1-2H3,(H2,21,22,23,24). The minimum absolute atomic E-state index is 0.260. The third-order valence-electron chi connectivity index (χ3n) is 4.40. The highest BCUT2D eigenvalue weighted by Gasteiger charge is 2.16. The van der Waals surface area contributed by atoms with Crippen molar-refractivity contribution in [1.82, 2.24) is 14.9 Å². The Morgan fingerprint density at radius 3 is 2.73 bits per heavy atom. The molecule has 6 heteroatoms. The minimum atomic E-state index is 0.260. The molecule has 2 aromatic rings. The number of nitrogens with zero attached hydrogens (tertiary/aromatic N) is 3. The first-order valence-electron chi connectivity index (χ1n) is 9.39. The molecule has 3 rings (SSSR count). The van der Waals surface area contributed by atoms with Gasteiger partial charge in [-0.2, -0.15) is 4.98 Å². The van der Waals surface area contributed by atoms with Gasteiger partial charge >= 0.3 is 0 Å². The van der Waals surface area contributed by atoms with Gasteiger partial charge < -0.3 is 20.3 Å². The lowest BCUT2D eigenvalue weighted by molar-refractivity contribution is 0.120. The van der Waals surface area contributed by atoms with Gasteiger partial charge in [-0.25, -0.2) is 4.98 Å². The van der Waals surface area contributed by atoms with Gasteiger partial charge in [0, 0.05) is 31.3 Å². The Morgan fingerprint density at radius 1 is 1.15 bits per heavy atom. The van der Waals surface area contributed by atoms with Crippen molar-refractivity contribution in [2.24, 2.45) is 0 Å². The Labute approximate surface area is 156 Å². The SMILES string of the molecule is CN(C)CCCNc1cc(-c2ccccc2)nc(NCC2CCCO2)n1. The molecule has 1 atom stereocenters. The molecule has 0 amide bonds. The molecule has 26 heavy (non-hydrogen) atoms. The number of hydrogen-bond acceptors (Lipinski definition) is 6. The monoisotopic (exact) mass is 355 g/mol. The van der Waals surface area contributed by atoms with E-state index in [2.05, 4.69) is 46.7 Å². The second-order valence-corrected chi connectivity index (χ2v) is 6.93. The molecule has 6 nitrogen and oxygen atoms in total. The normalized spacial score (nSPS) is 16.8. The summed E-state index contributed by atoms with van der Waals surface area (Å²) in [6.07, 6.45) is 3.56. The third kappa shape index (κ3) is 5.68. The lowest BCUT2D eigenvalue weighted by atomic mass is 10.1. The average molecular weight is 355 g/mol. The fraction of sp³-hybridized carbons (Fsp3) is 0.500. The van der Waals surface area contributed by atoms with Gasteiger partial charge in [0.2, 0.25) is 5.95 Å². The predicted molar refractivity (Wildman–Crippen MR) is 107 cm³/mol. The van der Waals surface area contributed by atoms with Gasteiger partial charge in [-0.05, 0) is 39.9 Å².